The van der Waals surface area contributed by atoms with Gasteiger partial charge in [0.05, 0.1) is 5.38 Å². The smallest absolute Gasteiger partial charge is 0.126 e. The van der Waals surface area contributed by atoms with Crippen LogP contribution in [0.5, 0.6) is 0 Å². The summed E-state index contributed by atoms with van der Waals surface area (Å²) in [6.45, 7) is 3.96. The van der Waals surface area contributed by atoms with Gasteiger partial charge >= 0.3 is 0 Å². The summed E-state index contributed by atoms with van der Waals surface area (Å²) >= 11 is 6.35. The molecular formula is C12H14ClF. The molecule has 1 fully saturated rings. The lowest BCUT2D eigenvalue weighted by Crippen LogP contribution is -2.04. The molecule has 0 radical (unpaired) electrons. The Hall–Kier alpha value is -0.560. The second-order valence-corrected chi connectivity index (χ2v) is 4.96. The summed E-state index contributed by atoms with van der Waals surface area (Å²) in [7, 11) is 0. The fraction of sp³-hybridized carbons (Fsp3) is 0.500. The molecule has 0 nitrogen and oxygen atoms in total. The van der Waals surface area contributed by atoms with Crippen LogP contribution in [0.2, 0.25) is 0 Å². The van der Waals surface area contributed by atoms with Crippen LogP contribution in [0.15, 0.2) is 18.2 Å². The summed E-state index contributed by atoms with van der Waals surface area (Å²) in [5.74, 6) is -0.154. The second-order valence-electron chi connectivity index (χ2n) is 4.53. The third-order valence-corrected chi connectivity index (χ3v) is 3.90. The number of aryl methyl sites for hydroxylation is 1. The Kier molecular flexibility index (Phi) is 2.30. The lowest BCUT2D eigenvalue weighted by Gasteiger charge is -2.17. The van der Waals surface area contributed by atoms with E-state index in [0.29, 0.717) is 5.56 Å². The van der Waals surface area contributed by atoms with Crippen molar-refractivity contribution in [3.63, 3.8) is 0 Å². The Bertz CT molecular complexity index is 355. The van der Waals surface area contributed by atoms with Gasteiger partial charge in [-0.1, -0.05) is 19.1 Å². The van der Waals surface area contributed by atoms with E-state index in [4.69, 9.17) is 11.6 Å². The zero-order valence-corrected chi connectivity index (χ0v) is 9.24. The van der Waals surface area contributed by atoms with E-state index in [9.17, 15) is 4.39 Å². The van der Waals surface area contributed by atoms with Gasteiger partial charge in [-0.2, -0.15) is 0 Å². The molecule has 0 aromatic heterocycles. The number of halogens is 2. The maximum Gasteiger partial charge on any atom is 0.126 e. The van der Waals surface area contributed by atoms with Gasteiger partial charge in [0.1, 0.15) is 5.82 Å². The Balaban J connectivity index is 2.28. The van der Waals surface area contributed by atoms with Crippen molar-refractivity contribution < 1.29 is 4.39 Å². The number of alkyl halides is 1. The van der Waals surface area contributed by atoms with Crippen molar-refractivity contribution in [1.82, 2.24) is 0 Å². The van der Waals surface area contributed by atoms with Crippen LogP contribution in [0.1, 0.15) is 36.3 Å². The fourth-order valence-electron chi connectivity index (χ4n) is 1.68. The van der Waals surface area contributed by atoms with E-state index in [1.165, 1.54) is 18.9 Å². The van der Waals surface area contributed by atoms with Crippen LogP contribution in [-0.2, 0) is 0 Å². The number of benzene rings is 1. The Morgan fingerprint density at radius 2 is 2.07 bits per heavy atom. The van der Waals surface area contributed by atoms with Crippen LogP contribution in [0.3, 0.4) is 0 Å². The molecule has 1 aromatic carbocycles. The van der Waals surface area contributed by atoms with Crippen LogP contribution in [-0.4, -0.2) is 0 Å². The average Bonchev–Trinajstić information content (AvgIpc) is 2.89. The fourth-order valence-corrected chi connectivity index (χ4v) is 2.03. The molecule has 76 valence electrons. The molecule has 1 saturated carbocycles. The molecule has 1 unspecified atom stereocenters. The highest BCUT2D eigenvalue weighted by atomic mass is 35.5. The zero-order chi connectivity index (χ0) is 10.3. The summed E-state index contributed by atoms with van der Waals surface area (Å²) in [5, 5.41) is 0.0294. The molecule has 0 bridgehead atoms. The largest absolute Gasteiger partial charge is 0.207 e. The maximum absolute atomic E-state index is 13.0. The van der Waals surface area contributed by atoms with E-state index in [1.54, 1.807) is 13.0 Å². The van der Waals surface area contributed by atoms with Crippen molar-refractivity contribution in [3.8, 4) is 0 Å². The van der Waals surface area contributed by atoms with Crippen molar-refractivity contribution in [3.05, 3.63) is 35.1 Å². The van der Waals surface area contributed by atoms with Crippen molar-refractivity contribution in [2.24, 2.45) is 5.41 Å². The number of hydrogen-bond donors (Lipinski definition) is 0. The molecule has 0 aliphatic heterocycles. The molecule has 14 heavy (non-hydrogen) atoms. The third kappa shape index (κ3) is 1.66. The highest BCUT2D eigenvalue weighted by Gasteiger charge is 2.44. The minimum atomic E-state index is -0.154. The predicted molar refractivity (Wildman–Crippen MR) is 57.1 cm³/mol. The first kappa shape index (κ1) is 9.97. The lowest BCUT2D eigenvalue weighted by atomic mass is 9.97. The summed E-state index contributed by atoms with van der Waals surface area (Å²) in [5.41, 5.74) is 1.97. The highest BCUT2D eigenvalue weighted by Crippen LogP contribution is 2.57. The average molecular weight is 213 g/mol. The van der Waals surface area contributed by atoms with Crippen molar-refractivity contribution >= 4 is 11.6 Å². The minimum absolute atomic E-state index is 0.0294. The van der Waals surface area contributed by atoms with Crippen molar-refractivity contribution in [2.45, 2.75) is 32.1 Å². The van der Waals surface area contributed by atoms with Crippen molar-refractivity contribution in [2.75, 3.05) is 0 Å². The standard InChI is InChI=1S/C12H14ClF/c1-8-7-9(3-4-10(8)14)11(13)12(2)5-6-12/h3-4,7,11H,5-6H2,1-2H3. The monoisotopic (exact) mass is 212 g/mol. The van der Waals surface area contributed by atoms with Crippen LogP contribution >= 0.6 is 11.6 Å². The summed E-state index contributed by atoms with van der Waals surface area (Å²) in [4.78, 5) is 0. The first-order valence-electron chi connectivity index (χ1n) is 4.93. The van der Waals surface area contributed by atoms with Crippen LogP contribution in [0.25, 0.3) is 0 Å². The van der Waals surface area contributed by atoms with Crippen LogP contribution in [0.4, 0.5) is 4.39 Å². The Morgan fingerprint density at radius 3 is 2.57 bits per heavy atom. The summed E-state index contributed by atoms with van der Waals surface area (Å²) in [6, 6.07) is 5.16. The van der Waals surface area contributed by atoms with Gasteiger partial charge in [0, 0.05) is 0 Å². The SMILES string of the molecule is Cc1cc(C(Cl)C2(C)CC2)ccc1F. The van der Waals surface area contributed by atoms with E-state index >= 15 is 0 Å². The van der Waals surface area contributed by atoms with Gasteiger partial charge in [0.15, 0.2) is 0 Å². The van der Waals surface area contributed by atoms with E-state index in [0.717, 1.165) is 5.56 Å². The van der Waals surface area contributed by atoms with E-state index in [-0.39, 0.29) is 16.6 Å². The van der Waals surface area contributed by atoms with Gasteiger partial charge in [-0.3, -0.25) is 0 Å². The van der Waals surface area contributed by atoms with Gasteiger partial charge in [-0.05, 0) is 42.4 Å². The summed E-state index contributed by atoms with van der Waals surface area (Å²) in [6.07, 6.45) is 2.36. The van der Waals surface area contributed by atoms with E-state index in [1.807, 2.05) is 6.07 Å². The van der Waals surface area contributed by atoms with Gasteiger partial charge in [-0.25, -0.2) is 4.39 Å². The molecule has 1 aromatic rings. The zero-order valence-electron chi connectivity index (χ0n) is 8.48. The molecule has 2 rings (SSSR count). The van der Waals surface area contributed by atoms with Crippen molar-refractivity contribution in [1.29, 1.82) is 0 Å². The molecule has 1 aliphatic carbocycles. The molecule has 2 heteroatoms. The lowest BCUT2D eigenvalue weighted by molar-refractivity contribution is 0.546. The molecular weight excluding hydrogens is 199 g/mol. The van der Waals surface area contributed by atoms with Gasteiger partial charge < -0.3 is 0 Å². The summed E-state index contributed by atoms with van der Waals surface area (Å²) < 4.78 is 13.0. The Labute approximate surface area is 89.1 Å². The van der Waals surface area contributed by atoms with E-state index < -0.39 is 0 Å². The predicted octanol–water partition coefficient (Wildman–Crippen LogP) is 4.21. The number of rotatable bonds is 2. The van der Waals surface area contributed by atoms with Crippen LogP contribution < -0.4 is 0 Å². The van der Waals surface area contributed by atoms with Gasteiger partial charge in [0.25, 0.3) is 0 Å². The molecule has 1 atom stereocenters. The first-order valence-corrected chi connectivity index (χ1v) is 5.37. The highest BCUT2D eigenvalue weighted by molar-refractivity contribution is 6.21. The molecule has 0 N–H and O–H groups in total. The molecule has 0 heterocycles. The van der Waals surface area contributed by atoms with Crippen LogP contribution in [0, 0.1) is 18.2 Å². The third-order valence-electron chi connectivity index (χ3n) is 3.13. The quantitative estimate of drug-likeness (QED) is 0.645. The number of hydrogen-bond acceptors (Lipinski definition) is 0. The molecule has 0 saturated heterocycles. The molecule has 0 amide bonds. The van der Waals surface area contributed by atoms with E-state index in [2.05, 4.69) is 6.92 Å². The van der Waals surface area contributed by atoms with Gasteiger partial charge in [0.2, 0.25) is 0 Å². The normalized spacial score (nSPS) is 20.6. The first-order chi connectivity index (χ1) is 6.53. The second kappa shape index (κ2) is 3.23. The maximum atomic E-state index is 13.0. The minimum Gasteiger partial charge on any atom is -0.207 e. The molecule has 0 spiro atoms. The Morgan fingerprint density at radius 1 is 1.43 bits per heavy atom. The van der Waals surface area contributed by atoms with Gasteiger partial charge in [-0.15, -0.1) is 11.6 Å². The topological polar surface area (TPSA) is 0 Å². The molecule has 1 aliphatic rings.